The first-order chi connectivity index (χ1) is 11.7. The van der Waals surface area contributed by atoms with Crippen molar-refractivity contribution in [2.24, 2.45) is 0 Å². The quantitative estimate of drug-likeness (QED) is 0.781. The highest BCUT2D eigenvalue weighted by Gasteiger charge is 2.43. The zero-order valence-corrected chi connectivity index (χ0v) is 14.1. The summed E-state index contributed by atoms with van der Waals surface area (Å²) >= 11 is 0. The Hall–Kier alpha value is -1.20. The van der Waals surface area contributed by atoms with Gasteiger partial charge in [0.25, 0.3) is 5.92 Å². The molecule has 0 aromatic heterocycles. The van der Waals surface area contributed by atoms with Crippen LogP contribution in [0.15, 0.2) is 29.2 Å². The third-order valence-corrected chi connectivity index (χ3v) is 5.87. The summed E-state index contributed by atoms with van der Waals surface area (Å²) in [5.74, 6) is -3.44. The molecule has 0 amide bonds. The van der Waals surface area contributed by atoms with Crippen LogP contribution in [0.25, 0.3) is 0 Å². The van der Waals surface area contributed by atoms with Gasteiger partial charge in [0.05, 0.1) is 36.3 Å². The number of ether oxygens (including phenoxy) is 1. The average Bonchev–Trinajstić information content (AvgIpc) is 3.03. The molecule has 2 saturated heterocycles. The Labute approximate surface area is 143 Å². The number of nitrogens with zero attached hydrogens (tertiary/aromatic N) is 1. The van der Waals surface area contributed by atoms with Gasteiger partial charge in [0.2, 0.25) is 10.0 Å². The molecule has 2 aliphatic heterocycles. The van der Waals surface area contributed by atoms with E-state index in [1.54, 1.807) is 0 Å². The molecule has 10 heteroatoms. The number of aliphatic hydroxyl groups is 1. The molecule has 0 bridgehead atoms. The van der Waals surface area contributed by atoms with Crippen LogP contribution >= 0.6 is 0 Å². The molecule has 0 saturated carbocycles. The molecular weight excluding hydrogens is 361 g/mol. The molecule has 3 rings (SSSR count). The largest absolute Gasteiger partial charge is 0.389 e. The third kappa shape index (κ3) is 4.32. The fourth-order valence-electron chi connectivity index (χ4n) is 3.07. The molecule has 0 radical (unpaired) electrons. The summed E-state index contributed by atoms with van der Waals surface area (Å²) in [5, 5.41) is 10.3. The Balaban J connectivity index is 1.61. The highest BCUT2D eigenvalue weighted by molar-refractivity contribution is 7.89. The Morgan fingerprint density at radius 3 is 2.80 bits per heavy atom. The van der Waals surface area contributed by atoms with Crippen LogP contribution in [0.4, 0.5) is 13.2 Å². The van der Waals surface area contributed by atoms with E-state index < -0.39 is 46.6 Å². The van der Waals surface area contributed by atoms with Crippen LogP contribution in [-0.2, 0) is 14.8 Å². The highest BCUT2D eigenvalue weighted by atomic mass is 32.2. The van der Waals surface area contributed by atoms with Crippen LogP contribution in [0, 0.1) is 5.82 Å². The predicted molar refractivity (Wildman–Crippen MR) is 82.3 cm³/mol. The van der Waals surface area contributed by atoms with Crippen LogP contribution < -0.4 is 4.72 Å². The van der Waals surface area contributed by atoms with Gasteiger partial charge in [-0.2, -0.15) is 0 Å². The first-order valence-electron chi connectivity index (χ1n) is 7.84. The molecule has 2 N–H and O–H groups in total. The number of halogens is 3. The van der Waals surface area contributed by atoms with Gasteiger partial charge in [-0.05, 0) is 18.2 Å². The minimum atomic E-state index is -4.03. The summed E-state index contributed by atoms with van der Waals surface area (Å²) in [6.07, 6.45) is -2.20. The lowest BCUT2D eigenvalue weighted by atomic mass is 10.1. The number of likely N-dealkylation sites (tertiary alicyclic amines) is 1. The first kappa shape index (κ1) is 18.6. The fourth-order valence-corrected chi connectivity index (χ4v) is 4.33. The molecular formula is C15H19F3N2O4S. The molecule has 2 fully saturated rings. The molecule has 1 aromatic carbocycles. The van der Waals surface area contributed by atoms with E-state index in [0.717, 1.165) is 12.1 Å². The summed E-state index contributed by atoms with van der Waals surface area (Å²) in [5.41, 5.74) is 0. The minimum absolute atomic E-state index is 0.0922. The van der Waals surface area contributed by atoms with E-state index in [0.29, 0.717) is 0 Å². The molecule has 0 aliphatic carbocycles. The summed E-state index contributed by atoms with van der Waals surface area (Å²) in [4.78, 5) is 1.22. The van der Waals surface area contributed by atoms with Gasteiger partial charge in [0, 0.05) is 19.5 Å². The van der Waals surface area contributed by atoms with Gasteiger partial charge in [-0.3, -0.25) is 4.90 Å². The van der Waals surface area contributed by atoms with Crippen molar-refractivity contribution in [1.29, 1.82) is 0 Å². The number of aliphatic hydroxyl groups excluding tert-OH is 1. The van der Waals surface area contributed by atoms with Gasteiger partial charge in [-0.1, -0.05) is 6.07 Å². The average molecular weight is 380 g/mol. The number of sulfonamides is 1. The van der Waals surface area contributed by atoms with Gasteiger partial charge < -0.3 is 9.84 Å². The monoisotopic (exact) mass is 380 g/mol. The maximum absolute atomic E-state index is 13.2. The topological polar surface area (TPSA) is 78.9 Å². The van der Waals surface area contributed by atoms with Gasteiger partial charge in [0.1, 0.15) is 5.82 Å². The van der Waals surface area contributed by atoms with E-state index in [1.807, 2.05) is 0 Å². The Morgan fingerprint density at radius 2 is 2.16 bits per heavy atom. The number of rotatable bonds is 5. The van der Waals surface area contributed by atoms with E-state index in [4.69, 9.17) is 4.74 Å². The molecule has 1 aromatic rings. The van der Waals surface area contributed by atoms with Crippen molar-refractivity contribution in [2.45, 2.75) is 35.5 Å². The molecule has 2 heterocycles. The van der Waals surface area contributed by atoms with Gasteiger partial charge >= 0.3 is 0 Å². The second-order valence-electron chi connectivity index (χ2n) is 6.39. The fraction of sp³-hybridized carbons (Fsp3) is 0.600. The molecule has 6 nitrogen and oxygen atoms in total. The van der Waals surface area contributed by atoms with Gasteiger partial charge in [0.15, 0.2) is 0 Å². The minimum Gasteiger partial charge on any atom is -0.389 e. The lowest BCUT2D eigenvalue weighted by Gasteiger charge is -2.23. The number of hydrogen-bond donors (Lipinski definition) is 2. The highest BCUT2D eigenvalue weighted by Crippen LogP contribution is 2.28. The zero-order chi connectivity index (χ0) is 18.2. The summed E-state index contributed by atoms with van der Waals surface area (Å²) < 4.78 is 71.8. The van der Waals surface area contributed by atoms with E-state index in [-0.39, 0.29) is 31.0 Å². The van der Waals surface area contributed by atoms with E-state index in [2.05, 4.69) is 4.72 Å². The van der Waals surface area contributed by atoms with Crippen molar-refractivity contribution >= 4 is 10.0 Å². The number of alkyl halides is 2. The second kappa shape index (κ2) is 6.84. The second-order valence-corrected chi connectivity index (χ2v) is 8.10. The number of nitrogens with one attached hydrogen (secondary N) is 1. The van der Waals surface area contributed by atoms with Crippen LogP contribution in [0.2, 0.25) is 0 Å². The lowest BCUT2D eigenvalue weighted by Crippen LogP contribution is -2.46. The van der Waals surface area contributed by atoms with Crippen molar-refractivity contribution in [3.8, 4) is 0 Å². The van der Waals surface area contributed by atoms with E-state index in [9.17, 15) is 26.7 Å². The summed E-state index contributed by atoms with van der Waals surface area (Å²) in [6, 6.07) is 3.56. The standard InChI is InChI=1S/C15H19F3N2O4S/c16-10-2-1-3-11(6-10)25(22,23)19-12-8-24-13(14(12)21)7-20-5-4-15(17,18)9-20/h1-3,6,12-14,19,21H,4-5,7-9H2. The number of benzene rings is 1. The summed E-state index contributed by atoms with van der Waals surface area (Å²) in [6.45, 7) is -0.210. The van der Waals surface area contributed by atoms with Crippen molar-refractivity contribution in [3.05, 3.63) is 30.1 Å². The van der Waals surface area contributed by atoms with Crippen molar-refractivity contribution in [1.82, 2.24) is 9.62 Å². The van der Waals surface area contributed by atoms with Crippen LogP contribution in [0.1, 0.15) is 6.42 Å². The smallest absolute Gasteiger partial charge is 0.261 e. The Bertz CT molecular complexity index is 731. The first-order valence-corrected chi connectivity index (χ1v) is 9.32. The Kier molecular flexibility index (Phi) is 5.09. The van der Waals surface area contributed by atoms with Crippen LogP contribution in [0.5, 0.6) is 0 Å². The van der Waals surface area contributed by atoms with Crippen molar-refractivity contribution < 1.29 is 31.4 Å². The summed E-state index contributed by atoms with van der Waals surface area (Å²) in [7, 11) is -4.03. The molecule has 25 heavy (non-hydrogen) atoms. The molecule has 0 spiro atoms. The van der Waals surface area contributed by atoms with Gasteiger partial charge in [-0.25, -0.2) is 26.3 Å². The van der Waals surface area contributed by atoms with Crippen molar-refractivity contribution in [2.75, 3.05) is 26.2 Å². The SMILES string of the molecule is O=S(=O)(NC1COC(CN2CCC(F)(F)C2)C1O)c1cccc(F)c1. The molecule has 3 unspecified atom stereocenters. The number of hydrogen-bond acceptors (Lipinski definition) is 5. The Morgan fingerprint density at radius 1 is 1.40 bits per heavy atom. The molecule has 140 valence electrons. The van der Waals surface area contributed by atoms with E-state index >= 15 is 0 Å². The van der Waals surface area contributed by atoms with Crippen LogP contribution in [0.3, 0.4) is 0 Å². The molecule has 3 atom stereocenters. The van der Waals surface area contributed by atoms with Crippen molar-refractivity contribution in [3.63, 3.8) is 0 Å². The van der Waals surface area contributed by atoms with Crippen LogP contribution in [-0.4, -0.2) is 68.8 Å². The lowest BCUT2D eigenvalue weighted by molar-refractivity contribution is -0.00722. The normalized spacial score (nSPS) is 30.0. The van der Waals surface area contributed by atoms with Gasteiger partial charge in [-0.15, -0.1) is 0 Å². The maximum atomic E-state index is 13.2. The third-order valence-electron chi connectivity index (χ3n) is 4.38. The van der Waals surface area contributed by atoms with E-state index in [1.165, 1.54) is 17.0 Å². The predicted octanol–water partition coefficient (Wildman–Crippen LogP) is 0.573. The maximum Gasteiger partial charge on any atom is 0.261 e. The zero-order valence-electron chi connectivity index (χ0n) is 13.2. The molecule has 2 aliphatic rings.